The molecule has 1 aromatic heterocycles. The molecule has 2 aromatic rings. The van der Waals surface area contributed by atoms with E-state index in [1.54, 1.807) is 18.2 Å². The third kappa shape index (κ3) is 3.30. The number of hydrogen-bond acceptors (Lipinski definition) is 4. The number of aromatic nitrogens is 2. The SMILES string of the molecule is O=C(O)CN(C(=O)c1cnccn1)c1cccc(Cl)c1. The fraction of sp³-hybridized carbons (Fsp3) is 0.0769. The number of carboxylic acid groups (broad SMARTS) is 1. The first-order valence-corrected chi connectivity index (χ1v) is 6.01. The number of hydrogen-bond donors (Lipinski definition) is 1. The van der Waals surface area contributed by atoms with E-state index in [-0.39, 0.29) is 5.69 Å². The fourth-order valence-corrected chi connectivity index (χ4v) is 1.79. The predicted octanol–water partition coefficient (Wildman–Crippen LogP) is 1.86. The van der Waals surface area contributed by atoms with Gasteiger partial charge in [0.05, 0.1) is 6.20 Å². The Hall–Kier alpha value is -2.47. The predicted molar refractivity (Wildman–Crippen MR) is 72.8 cm³/mol. The topological polar surface area (TPSA) is 83.4 Å². The molecular formula is C13H10ClN3O3. The number of rotatable bonds is 4. The van der Waals surface area contributed by atoms with Crippen LogP contribution in [0.25, 0.3) is 0 Å². The van der Waals surface area contributed by atoms with E-state index in [4.69, 9.17) is 16.7 Å². The number of carboxylic acids is 1. The van der Waals surface area contributed by atoms with E-state index >= 15 is 0 Å². The van der Waals surface area contributed by atoms with E-state index in [2.05, 4.69) is 9.97 Å². The molecule has 6 nitrogen and oxygen atoms in total. The van der Waals surface area contributed by atoms with Gasteiger partial charge in [-0.1, -0.05) is 17.7 Å². The molecule has 0 spiro atoms. The third-order valence-corrected chi connectivity index (χ3v) is 2.68. The zero-order chi connectivity index (χ0) is 14.5. The summed E-state index contributed by atoms with van der Waals surface area (Å²) < 4.78 is 0. The molecule has 0 radical (unpaired) electrons. The lowest BCUT2D eigenvalue weighted by Gasteiger charge is -2.20. The fourth-order valence-electron chi connectivity index (χ4n) is 1.61. The Kier molecular flexibility index (Phi) is 4.27. The van der Waals surface area contributed by atoms with Crippen LogP contribution in [-0.4, -0.2) is 33.5 Å². The summed E-state index contributed by atoms with van der Waals surface area (Å²) in [5, 5.41) is 9.35. The zero-order valence-corrected chi connectivity index (χ0v) is 11.0. The van der Waals surface area contributed by atoms with Gasteiger partial charge in [0.15, 0.2) is 0 Å². The quantitative estimate of drug-likeness (QED) is 0.929. The van der Waals surface area contributed by atoms with Gasteiger partial charge in [-0.05, 0) is 18.2 Å². The largest absolute Gasteiger partial charge is 0.480 e. The summed E-state index contributed by atoms with van der Waals surface area (Å²) in [6, 6.07) is 6.38. The van der Waals surface area contributed by atoms with Gasteiger partial charge in [0.1, 0.15) is 12.2 Å². The Labute approximate surface area is 119 Å². The molecular weight excluding hydrogens is 282 g/mol. The smallest absolute Gasteiger partial charge is 0.323 e. The van der Waals surface area contributed by atoms with Gasteiger partial charge in [-0.2, -0.15) is 0 Å². The van der Waals surface area contributed by atoms with Crippen LogP contribution in [0.15, 0.2) is 42.9 Å². The Morgan fingerprint density at radius 3 is 2.70 bits per heavy atom. The Morgan fingerprint density at radius 2 is 2.10 bits per heavy atom. The van der Waals surface area contributed by atoms with Crippen LogP contribution in [-0.2, 0) is 4.79 Å². The number of benzene rings is 1. The van der Waals surface area contributed by atoms with Gasteiger partial charge >= 0.3 is 5.97 Å². The molecule has 2 rings (SSSR count). The van der Waals surface area contributed by atoms with Crippen LogP contribution in [0.1, 0.15) is 10.5 Å². The number of amides is 1. The average molecular weight is 292 g/mol. The van der Waals surface area contributed by atoms with Crippen molar-refractivity contribution in [2.75, 3.05) is 11.4 Å². The highest BCUT2D eigenvalue weighted by Gasteiger charge is 2.21. The van der Waals surface area contributed by atoms with Crippen molar-refractivity contribution in [3.8, 4) is 0 Å². The number of halogens is 1. The van der Waals surface area contributed by atoms with Crippen molar-refractivity contribution in [3.63, 3.8) is 0 Å². The van der Waals surface area contributed by atoms with Gasteiger partial charge in [-0.25, -0.2) is 4.98 Å². The second-order valence-electron chi connectivity index (χ2n) is 3.86. The molecule has 0 saturated heterocycles. The van der Waals surface area contributed by atoms with Crippen molar-refractivity contribution in [1.29, 1.82) is 0 Å². The van der Waals surface area contributed by atoms with Crippen LogP contribution < -0.4 is 4.90 Å². The van der Waals surface area contributed by atoms with Crippen LogP contribution in [0.2, 0.25) is 5.02 Å². The molecule has 0 aliphatic rings. The molecule has 1 N–H and O–H groups in total. The average Bonchev–Trinajstić information content (AvgIpc) is 2.45. The maximum absolute atomic E-state index is 12.3. The summed E-state index contributed by atoms with van der Waals surface area (Å²) in [6.07, 6.45) is 4.07. The molecule has 20 heavy (non-hydrogen) atoms. The van der Waals surface area contributed by atoms with Gasteiger partial charge in [-0.15, -0.1) is 0 Å². The van der Waals surface area contributed by atoms with E-state index in [9.17, 15) is 9.59 Å². The Balaban J connectivity index is 2.38. The highest BCUT2D eigenvalue weighted by Crippen LogP contribution is 2.20. The van der Waals surface area contributed by atoms with E-state index in [0.717, 1.165) is 4.90 Å². The van der Waals surface area contributed by atoms with Crippen molar-refractivity contribution < 1.29 is 14.7 Å². The monoisotopic (exact) mass is 291 g/mol. The highest BCUT2D eigenvalue weighted by molar-refractivity contribution is 6.31. The molecule has 0 unspecified atom stereocenters. The molecule has 1 amide bonds. The summed E-state index contributed by atoms with van der Waals surface area (Å²) in [6.45, 7) is -0.490. The minimum absolute atomic E-state index is 0.0636. The van der Waals surface area contributed by atoms with Gasteiger partial charge in [0.2, 0.25) is 0 Å². The number of anilines is 1. The van der Waals surface area contributed by atoms with Gasteiger partial charge < -0.3 is 5.11 Å². The Bertz CT molecular complexity index is 634. The van der Waals surface area contributed by atoms with Gasteiger partial charge in [0.25, 0.3) is 5.91 Å². The third-order valence-electron chi connectivity index (χ3n) is 2.44. The first kappa shape index (κ1) is 14.0. The molecule has 7 heteroatoms. The van der Waals surface area contributed by atoms with Gasteiger partial charge in [0, 0.05) is 23.1 Å². The van der Waals surface area contributed by atoms with Crippen LogP contribution >= 0.6 is 11.6 Å². The van der Waals surface area contributed by atoms with Crippen LogP contribution in [0, 0.1) is 0 Å². The van der Waals surface area contributed by atoms with E-state index in [1.807, 2.05) is 0 Å². The van der Waals surface area contributed by atoms with Crippen LogP contribution in [0.5, 0.6) is 0 Å². The summed E-state index contributed by atoms with van der Waals surface area (Å²) in [5.41, 5.74) is 0.448. The van der Waals surface area contributed by atoms with Crippen molar-refractivity contribution in [2.45, 2.75) is 0 Å². The summed E-state index contributed by atoms with van der Waals surface area (Å²) in [5.74, 6) is -1.69. The molecule has 1 aromatic carbocycles. The summed E-state index contributed by atoms with van der Waals surface area (Å²) in [7, 11) is 0. The lowest BCUT2D eigenvalue weighted by Crippen LogP contribution is -2.36. The van der Waals surface area contributed by atoms with Crippen molar-refractivity contribution >= 4 is 29.2 Å². The molecule has 102 valence electrons. The Morgan fingerprint density at radius 1 is 1.30 bits per heavy atom. The molecule has 1 heterocycles. The molecule has 0 saturated carbocycles. The maximum Gasteiger partial charge on any atom is 0.323 e. The standard InChI is InChI=1S/C13H10ClN3O3/c14-9-2-1-3-10(6-9)17(8-12(18)19)13(20)11-7-15-4-5-16-11/h1-7H,8H2,(H,18,19). The second kappa shape index (κ2) is 6.12. The minimum Gasteiger partial charge on any atom is -0.480 e. The number of carbonyl (C=O) groups is 2. The molecule has 0 bridgehead atoms. The van der Waals surface area contributed by atoms with E-state index in [1.165, 1.54) is 24.7 Å². The lowest BCUT2D eigenvalue weighted by molar-refractivity contribution is -0.135. The number of nitrogens with zero attached hydrogens (tertiary/aromatic N) is 3. The molecule has 0 aliphatic carbocycles. The number of aliphatic carboxylic acids is 1. The highest BCUT2D eigenvalue weighted by atomic mass is 35.5. The summed E-state index contributed by atoms with van der Waals surface area (Å²) >= 11 is 5.86. The second-order valence-corrected chi connectivity index (χ2v) is 4.29. The maximum atomic E-state index is 12.3. The zero-order valence-electron chi connectivity index (χ0n) is 10.2. The van der Waals surface area contributed by atoms with E-state index < -0.39 is 18.4 Å². The molecule has 0 atom stereocenters. The van der Waals surface area contributed by atoms with Crippen molar-refractivity contribution in [3.05, 3.63) is 53.6 Å². The van der Waals surface area contributed by atoms with Crippen LogP contribution in [0.3, 0.4) is 0 Å². The first-order valence-electron chi connectivity index (χ1n) is 5.63. The van der Waals surface area contributed by atoms with Gasteiger partial charge in [-0.3, -0.25) is 19.5 Å². The lowest BCUT2D eigenvalue weighted by atomic mass is 10.2. The molecule has 0 aliphatic heterocycles. The summed E-state index contributed by atoms with van der Waals surface area (Å²) in [4.78, 5) is 32.0. The number of carbonyl (C=O) groups excluding carboxylic acids is 1. The molecule has 0 fully saturated rings. The van der Waals surface area contributed by atoms with Crippen molar-refractivity contribution in [1.82, 2.24) is 9.97 Å². The normalized spacial score (nSPS) is 10.1. The van der Waals surface area contributed by atoms with Crippen LogP contribution in [0.4, 0.5) is 5.69 Å². The minimum atomic E-state index is -1.14. The first-order chi connectivity index (χ1) is 9.58. The van der Waals surface area contributed by atoms with Crippen molar-refractivity contribution in [2.24, 2.45) is 0 Å². The van der Waals surface area contributed by atoms with E-state index in [0.29, 0.717) is 10.7 Å².